The van der Waals surface area contributed by atoms with Gasteiger partial charge in [-0.05, 0) is 43.0 Å². The van der Waals surface area contributed by atoms with Crippen LogP contribution in [0.1, 0.15) is 23.2 Å². The molecular formula is C14H17F3N2O3S. The Hall–Kier alpha value is -1.61. The lowest BCUT2D eigenvalue weighted by atomic mass is 10.2. The molecule has 0 radical (unpaired) electrons. The summed E-state index contributed by atoms with van der Waals surface area (Å²) in [6.07, 6.45) is -3.93. The molecule has 0 aliphatic heterocycles. The molecular weight excluding hydrogens is 333 g/mol. The fraction of sp³-hybridized carbons (Fsp3) is 0.500. The summed E-state index contributed by atoms with van der Waals surface area (Å²) in [6, 6.07) is 2.72. The van der Waals surface area contributed by atoms with Gasteiger partial charge in [0, 0.05) is 19.7 Å². The van der Waals surface area contributed by atoms with Crippen molar-refractivity contribution < 1.29 is 26.4 Å². The van der Waals surface area contributed by atoms with Gasteiger partial charge >= 0.3 is 6.18 Å². The highest BCUT2D eigenvalue weighted by Crippen LogP contribution is 2.40. The molecule has 0 unspecified atom stereocenters. The second-order valence-electron chi connectivity index (χ2n) is 5.70. The Bertz CT molecular complexity index is 680. The molecule has 1 N–H and O–H groups in total. The zero-order valence-corrected chi connectivity index (χ0v) is 13.4. The van der Waals surface area contributed by atoms with E-state index in [1.807, 2.05) is 0 Å². The Morgan fingerprint density at radius 3 is 2.13 bits per heavy atom. The first-order valence-corrected chi connectivity index (χ1v) is 8.41. The third kappa shape index (κ3) is 4.23. The molecule has 0 heterocycles. The van der Waals surface area contributed by atoms with Gasteiger partial charge in [0.15, 0.2) is 0 Å². The van der Waals surface area contributed by atoms with Crippen LogP contribution in [0.5, 0.6) is 0 Å². The van der Waals surface area contributed by atoms with E-state index in [4.69, 9.17) is 0 Å². The second-order valence-corrected chi connectivity index (χ2v) is 7.42. The molecule has 1 fully saturated rings. The summed E-state index contributed by atoms with van der Waals surface area (Å²) < 4.78 is 64.8. The number of hydrogen-bond acceptors (Lipinski definition) is 3. The number of carbonyl (C=O) groups excluding carboxylic acids is 1. The van der Waals surface area contributed by atoms with Crippen LogP contribution in [0.3, 0.4) is 0 Å². The summed E-state index contributed by atoms with van der Waals surface area (Å²) in [5, 5.41) is 0. The zero-order valence-electron chi connectivity index (χ0n) is 12.6. The minimum absolute atomic E-state index is 0.253. The van der Waals surface area contributed by atoms with E-state index in [1.165, 1.54) is 31.1 Å². The van der Waals surface area contributed by atoms with Gasteiger partial charge in [0.05, 0.1) is 4.90 Å². The van der Waals surface area contributed by atoms with Crippen LogP contribution in [0, 0.1) is 5.92 Å². The van der Waals surface area contributed by atoms with Gasteiger partial charge in [0.25, 0.3) is 5.91 Å². The molecule has 0 aromatic heterocycles. The van der Waals surface area contributed by atoms with E-state index < -0.39 is 28.2 Å². The Kier molecular flexibility index (Phi) is 4.72. The SMILES string of the molecule is CN(C)C(=O)c1ccc(S(=O)(=O)N[C@H](C2CC2)C(F)(F)F)cc1. The summed E-state index contributed by atoms with van der Waals surface area (Å²) in [5.41, 5.74) is 0.253. The number of amides is 1. The lowest BCUT2D eigenvalue weighted by Gasteiger charge is -2.21. The van der Waals surface area contributed by atoms with Gasteiger partial charge in [0.2, 0.25) is 10.0 Å². The average Bonchev–Trinajstić information content (AvgIpc) is 3.27. The van der Waals surface area contributed by atoms with E-state index in [2.05, 4.69) is 0 Å². The fourth-order valence-corrected chi connectivity index (χ4v) is 3.42. The van der Waals surface area contributed by atoms with E-state index >= 15 is 0 Å². The molecule has 5 nitrogen and oxygen atoms in total. The maximum Gasteiger partial charge on any atom is 0.405 e. The van der Waals surface area contributed by atoms with Gasteiger partial charge in [-0.2, -0.15) is 17.9 Å². The summed E-state index contributed by atoms with van der Waals surface area (Å²) >= 11 is 0. The van der Waals surface area contributed by atoms with Gasteiger partial charge < -0.3 is 4.90 Å². The van der Waals surface area contributed by atoms with Crippen LogP contribution in [0.4, 0.5) is 13.2 Å². The van der Waals surface area contributed by atoms with Crippen LogP contribution < -0.4 is 4.72 Å². The highest BCUT2D eigenvalue weighted by molar-refractivity contribution is 7.89. The van der Waals surface area contributed by atoms with Crippen molar-refractivity contribution in [3.8, 4) is 0 Å². The molecule has 1 aliphatic rings. The third-order valence-electron chi connectivity index (χ3n) is 3.55. The predicted octanol–water partition coefficient (Wildman–Crippen LogP) is 2.01. The van der Waals surface area contributed by atoms with Crippen molar-refractivity contribution in [1.82, 2.24) is 9.62 Å². The maximum atomic E-state index is 12.9. The smallest absolute Gasteiger partial charge is 0.345 e. The number of halogens is 3. The maximum absolute atomic E-state index is 12.9. The summed E-state index contributed by atoms with van der Waals surface area (Å²) in [5.74, 6) is -1.03. The highest BCUT2D eigenvalue weighted by Gasteiger charge is 2.50. The minimum Gasteiger partial charge on any atom is -0.345 e. The predicted molar refractivity (Wildman–Crippen MR) is 77.3 cm³/mol. The largest absolute Gasteiger partial charge is 0.405 e. The van der Waals surface area contributed by atoms with Crippen molar-refractivity contribution in [3.63, 3.8) is 0 Å². The Balaban J connectivity index is 2.21. The monoisotopic (exact) mass is 350 g/mol. The van der Waals surface area contributed by atoms with Gasteiger partial charge in [-0.3, -0.25) is 4.79 Å². The normalized spacial score (nSPS) is 16.9. The molecule has 9 heteroatoms. The zero-order chi connectivity index (χ0) is 17.4. The van der Waals surface area contributed by atoms with Crippen molar-refractivity contribution in [1.29, 1.82) is 0 Å². The van der Waals surface area contributed by atoms with Gasteiger partial charge in [0.1, 0.15) is 6.04 Å². The number of carbonyl (C=O) groups is 1. The summed E-state index contributed by atoms with van der Waals surface area (Å²) in [7, 11) is -1.23. The molecule has 1 amide bonds. The molecule has 1 aromatic carbocycles. The van der Waals surface area contributed by atoms with Crippen LogP contribution >= 0.6 is 0 Å². The van der Waals surface area contributed by atoms with Gasteiger partial charge in [-0.1, -0.05) is 0 Å². The van der Waals surface area contributed by atoms with Crippen LogP contribution in [-0.4, -0.2) is 45.5 Å². The number of rotatable bonds is 5. The van der Waals surface area contributed by atoms with E-state index in [0.29, 0.717) is 12.8 Å². The number of sulfonamides is 1. The fourth-order valence-electron chi connectivity index (χ4n) is 2.13. The van der Waals surface area contributed by atoms with Crippen molar-refractivity contribution >= 4 is 15.9 Å². The van der Waals surface area contributed by atoms with Crippen molar-refractivity contribution in [2.45, 2.75) is 30.0 Å². The summed E-state index contributed by atoms with van der Waals surface area (Å²) in [4.78, 5) is 12.7. The van der Waals surface area contributed by atoms with Crippen LogP contribution in [-0.2, 0) is 10.0 Å². The molecule has 0 bridgehead atoms. The molecule has 128 valence electrons. The molecule has 1 aromatic rings. The van der Waals surface area contributed by atoms with Crippen molar-refractivity contribution in [2.24, 2.45) is 5.92 Å². The van der Waals surface area contributed by atoms with Gasteiger partial charge in [-0.25, -0.2) is 8.42 Å². The lowest BCUT2D eigenvalue weighted by molar-refractivity contribution is -0.155. The quantitative estimate of drug-likeness (QED) is 0.883. The van der Waals surface area contributed by atoms with Crippen LogP contribution in [0.15, 0.2) is 29.2 Å². The Labute approximate surface area is 132 Å². The second kappa shape index (κ2) is 6.12. The molecule has 0 spiro atoms. The Morgan fingerprint density at radius 1 is 1.22 bits per heavy atom. The first-order valence-electron chi connectivity index (χ1n) is 6.93. The molecule has 1 atom stereocenters. The number of benzene rings is 1. The van der Waals surface area contributed by atoms with E-state index in [1.54, 1.807) is 4.72 Å². The minimum atomic E-state index is -4.63. The molecule has 2 rings (SSSR count). The number of nitrogens with zero attached hydrogens (tertiary/aromatic N) is 1. The van der Waals surface area contributed by atoms with Crippen LogP contribution in [0.2, 0.25) is 0 Å². The topological polar surface area (TPSA) is 66.5 Å². The van der Waals surface area contributed by atoms with Crippen molar-refractivity contribution in [3.05, 3.63) is 29.8 Å². The third-order valence-corrected chi connectivity index (χ3v) is 5.00. The molecule has 1 saturated carbocycles. The Morgan fingerprint density at radius 2 is 1.74 bits per heavy atom. The highest BCUT2D eigenvalue weighted by atomic mass is 32.2. The van der Waals surface area contributed by atoms with Gasteiger partial charge in [-0.15, -0.1) is 0 Å². The number of nitrogens with one attached hydrogen (secondary N) is 1. The average molecular weight is 350 g/mol. The van der Waals surface area contributed by atoms with Crippen LogP contribution in [0.25, 0.3) is 0 Å². The van der Waals surface area contributed by atoms with Crippen molar-refractivity contribution in [2.75, 3.05) is 14.1 Å². The summed E-state index contributed by atoms with van der Waals surface area (Å²) in [6.45, 7) is 0. The lowest BCUT2D eigenvalue weighted by Crippen LogP contribution is -2.46. The van der Waals surface area contributed by atoms with E-state index in [9.17, 15) is 26.4 Å². The number of hydrogen-bond donors (Lipinski definition) is 1. The van der Waals surface area contributed by atoms with E-state index in [0.717, 1.165) is 12.1 Å². The first kappa shape index (κ1) is 17.7. The molecule has 23 heavy (non-hydrogen) atoms. The number of alkyl halides is 3. The molecule has 1 aliphatic carbocycles. The molecule has 0 saturated heterocycles. The first-order chi connectivity index (χ1) is 10.5. The standard InChI is InChI=1S/C14H17F3N2O3S/c1-19(2)13(20)10-5-7-11(8-6-10)23(21,22)18-12(9-3-4-9)14(15,16)17/h5-9,12,18H,3-4H2,1-2H3/t12-/m1/s1. The van der Waals surface area contributed by atoms with E-state index in [-0.39, 0.29) is 16.4 Å².